The number of hydrogen-bond acceptors (Lipinski definition) is 3. The van der Waals surface area contributed by atoms with Gasteiger partial charge in [-0.15, -0.1) is 0 Å². The Labute approximate surface area is 105 Å². The van der Waals surface area contributed by atoms with Gasteiger partial charge in [0.1, 0.15) is 0 Å². The number of nitrogens with zero attached hydrogens (tertiary/aromatic N) is 1. The van der Waals surface area contributed by atoms with Crippen molar-refractivity contribution in [3.8, 4) is 0 Å². The second-order valence-corrected chi connectivity index (χ2v) is 7.59. The summed E-state index contributed by atoms with van der Waals surface area (Å²) < 4.78 is 26.0. The number of rotatable bonds is 4. The first-order chi connectivity index (χ1) is 8.04. The minimum Gasteiger partial charge on any atom is -0.327 e. The molecule has 2 N–H and O–H groups in total. The molecule has 2 rings (SSSR count). The molecule has 100 valence electrons. The topological polar surface area (TPSA) is 63.4 Å². The van der Waals surface area contributed by atoms with Crippen LogP contribution in [0.4, 0.5) is 0 Å². The molecule has 1 aliphatic carbocycles. The van der Waals surface area contributed by atoms with E-state index >= 15 is 0 Å². The van der Waals surface area contributed by atoms with Crippen LogP contribution in [-0.2, 0) is 10.0 Å². The Morgan fingerprint density at radius 1 is 1.29 bits per heavy atom. The minimum absolute atomic E-state index is 0.208. The average molecular weight is 260 g/mol. The third-order valence-corrected chi connectivity index (χ3v) is 6.16. The minimum atomic E-state index is -3.03. The molecule has 0 radical (unpaired) electrons. The van der Waals surface area contributed by atoms with Crippen LogP contribution in [0.15, 0.2) is 0 Å². The van der Waals surface area contributed by atoms with Crippen LogP contribution in [0.5, 0.6) is 0 Å². The fourth-order valence-corrected chi connectivity index (χ4v) is 4.89. The summed E-state index contributed by atoms with van der Waals surface area (Å²) in [5, 5.41) is 0. The predicted octanol–water partition coefficient (Wildman–Crippen LogP) is 1.18. The van der Waals surface area contributed by atoms with Gasteiger partial charge in [0.15, 0.2) is 0 Å². The van der Waals surface area contributed by atoms with Gasteiger partial charge in [0.05, 0.1) is 5.75 Å². The zero-order valence-electron chi connectivity index (χ0n) is 10.6. The highest BCUT2D eigenvalue weighted by Crippen LogP contribution is 2.36. The quantitative estimate of drug-likeness (QED) is 0.825. The average Bonchev–Trinajstić information content (AvgIpc) is 2.72. The van der Waals surface area contributed by atoms with E-state index in [1.807, 2.05) is 6.92 Å². The highest BCUT2D eigenvalue weighted by Gasteiger charge is 2.42. The van der Waals surface area contributed by atoms with Crippen LogP contribution in [0.2, 0.25) is 0 Å². The summed E-state index contributed by atoms with van der Waals surface area (Å²) in [6, 6.07) is 0.208. The van der Waals surface area contributed by atoms with E-state index in [4.69, 9.17) is 5.73 Å². The van der Waals surface area contributed by atoms with Crippen LogP contribution in [0.1, 0.15) is 39.0 Å². The first-order valence-corrected chi connectivity index (χ1v) is 8.39. The van der Waals surface area contributed by atoms with Crippen molar-refractivity contribution in [2.75, 3.05) is 18.8 Å². The Bertz CT molecular complexity index is 356. The molecular formula is C12H24N2O2S. The molecule has 0 aromatic carbocycles. The smallest absolute Gasteiger partial charge is 0.214 e. The summed E-state index contributed by atoms with van der Waals surface area (Å²) in [4.78, 5) is 0. The second-order valence-electron chi connectivity index (χ2n) is 5.51. The van der Waals surface area contributed by atoms with Crippen LogP contribution in [0.3, 0.4) is 0 Å². The summed E-state index contributed by atoms with van der Waals surface area (Å²) >= 11 is 0. The monoisotopic (exact) mass is 260 g/mol. The van der Waals surface area contributed by atoms with Crippen molar-refractivity contribution in [3.05, 3.63) is 0 Å². The van der Waals surface area contributed by atoms with E-state index in [0.717, 1.165) is 32.1 Å². The molecular weight excluding hydrogens is 236 g/mol. The maximum absolute atomic E-state index is 12.1. The molecule has 0 amide bonds. The highest BCUT2D eigenvalue weighted by atomic mass is 32.2. The first-order valence-electron chi connectivity index (χ1n) is 6.78. The van der Waals surface area contributed by atoms with E-state index in [1.54, 1.807) is 4.31 Å². The molecule has 1 saturated carbocycles. The summed E-state index contributed by atoms with van der Waals surface area (Å²) in [6.45, 7) is 3.40. The van der Waals surface area contributed by atoms with E-state index in [2.05, 4.69) is 0 Å². The fraction of sp³-hybridized carbons (Fsp3) is 1.00. The number of nitrogens with two attached hydrogens (primary N) is 1. The third kappa shape index (κ3) is 2.83. The van der Waals surface area contributed by atoms with Crippen molar-refractivity contribution >= 4 is 10.0 Å². The molecule has 1 aliphatic heterocycles. The lowest BCUT2D eigenvalue weighted by Crippen LogP contribution is -2.38. The van der Waals surface area contributed by atoms with Gasteiger partial charge in [0.2, 0.25) is 10.0 Å². The van der Waals surface area contributed by atoms with Crippen molar-refractivity contribution in [2.45, 2.75) is 45.1 Å². The lowest BCUT2D eigenvalue weighted by atomic mass is 9.78. The van der Waals surface area contributed by atoms with Gasteiger partial charge < -0.3 is 5.73 Å². The summed E-state index contributed by atoms with van der Waals surface area (Å²) in [5.74, 6) is 1.22. The van der Waals surface area contributed by atoms with Crippen LogP contribution in [0, 0.1) is 11.8 Å². The van der Waals surface area contributed by atoms with Crippen LogP contribution in [-0.4, -0.2) is 37.6 Å². The van der Waals surface area contributed by atoms with E-state index < -0.39 is 10.0 Å². The van der Waals surface area contributed by atoms with Gasteiger partial charge in [-0.05, 0) is 31.1 Å². The summed E-state index contributed by atoms with van der Waals surface area (Å²) in [6.07, 6.45) is 5.06. The van der Waals surface area contributed by atoms with Gasteiger partial charge in [0.25, 0.3) is 0 Å². The number of sulfonamides is 1. The molecule has 1 saturated heterocycles. The van der Waals surface area contributed by atoms with E-state index in [9.17, 15) is 8.42 Å². The molecule has 4 nitrogen and oxygen atoms in total. The molecule has 1 heterocycles. The molecule has 2 fully saturated rings. The SMILES string of the molecule is CCCCS(=O)(=O)N1CC2CCCC(N)C2C1. The van der Waals surface area contributed by atoms with E-state index in [0.29, 0.717) is 30.7 Å². The van der Waals surface area contributed by atoms with Gasteiger partial charge >= 0.3 is 0 Å². The molecule has 3 unspecified atom stereocenters. The Kier molecular flexibility index (Phi) is 4.10. The third-order valence-electron chi connectivity index (χ3n) is 4.27. The fourth-order valence-electron chi connectivity index (χ4n) is 3.16. The highest BCUT2D eigenvalue weighted by molar-refractivity contribution is 7.89. The lowest BCUT2D eigenvalue weighted by molar-refractivity contribution is 0.260. The molecule has 0 aromatic heterocycles. The standard InChI is InChI=1S/C12H24N2O2S/c1-2-3-7-17(15,16)14-8-10-5-4-6-12(13)11(10)9-14/h10-12H,2-9,13H2,1H3. The molecule has 0 bridgehead atoms. The van der Waals surface area contributed by atoms with Crippen molar-refractivity contribution in [1.82, 2.24) is 4.31 Å². The molecule has 17 heavy (non-hydrogen) atoms. The molecule has 0 aromatic rings. The van der Waals surface area contributed by atoms with Crippen LogP contribution in [0.25, 0.3) is 0 Å². The van der Waals surface area contributed by atoms with Crippen molar-refractivity contribution in [1.29, 1.82) is 0 Å². The Hall–Kier alpha value is -0.130. The second kappa shape index (κ2) is 5.24. The van der Waals surface area contributed by atoms with Gasteiger partial charge in [-0.2, -0.15) is 0 Å². The number of hydrogen-bond donors (Lipinski definition) is 1. The molecule has 0 spiro atoms. The maximum Gasteiger partial charge on any atom is 0.214 e. The van der Waals surface area contributed by atoms with E-state index in [1.165, 1.54) is 0 Å². The summed E-state index contributed by atoms with van der Waals surface area (Å²) in [5.41, 5.74) is 6.10. The Balaban J connectivity index is 2.01. The van der Waals surface area contributed by atoms with Gasteiger partial charge in [-0.1, -0.05) is 19.8 Å². The first kappa shape index (κ1) is 13.3. The number of unbranched alkanes of at least 4 members (excludes halogenated alkanes) is 1. The maximum atomic E-state index is 12.1. The lowest BCUT2D eigenvalue weighted by Gasteiger charge is -2.29. The predicted molar refractivity (Wildman–Crippen MR) is 69.1 cm³/mol. The number of fused-ring (bicyclic) bond motifs is 1. The van der Waals surface area contributed by atoms with Crippen LogP contribution < -0.4 is 5.73 Å². The largest absolute Gasteiger partial charge is 0.327 e. The van der Waals surface area contributed by atoms with Crippen molar-refractivity contribution < 1.29 is 8.42 Å². The molecule has 3 atom stereocenters. The molecule has 2 aliphatic rings. The summed E-state index contributed by atoms with van der Waals surface area (Å²) in [7, 11) is -3.03. The molecule has 5 heteroatoms. The van der Waals surface area contributed by atoms with Gasteiger partial charge in [0, 0.05) is 19.1 Å². The Morgan fingerprint density at radius 2 is 2.06 bits per heavy atom. The van der Waals surface area contributed by atoms with Crippen molar-refractivity contribution in [2.24, 2.45) is 17.6 Å². The van der Waals surface area contributed by atoms with Gasteiger partial charge in [-0.3, -0.25) is 0 Å². The van der Waals surface area contributed by atoms with Crippen LogP contribution >= 0.6 is 0 Å². The zero-order valence-corrected chi connectivity index (χ0v) is 11.5. The zero-order chi connectivity index (χ0) is 12.5. The van der Waals surface area contributed by atoms with Crippen molar-refractivity contribution in [3.63, 3.8) is 0 Å². The Morgan fingerprint density at radius 3 is 2.71 bits per heavy atom. The normalized spacial score (nSPS) is 34.8. The van der Waals surface area contributed by atoms with Gasteiger partial charge in [-0.25, -0.2) is 12.7 Å². The van der Waals surface area contributed by atoms with E-state index in [-0.39, 0.29) is 6.04 Å².